The summed E-state index contributed by atoms with van der Waals surface area (Å²) in [5.74, 6) is 0.502. The van der Waals surface area contributed by atoms with Crippen molar-refractivity contribution in [1.82, 2.24) is 4.90 Å². The summed E-state index contributed by atoms with van der Waals surface area (Å²) in [6.45, 7) is 0. The van der Waals surface area contributed by atoms with E-state index in [4.69, 9.17) is 10.5 Å². The number of rotatable bonds is 4. The molecule has 1 saturated carbocycles. The molecule has 0 aromatic carbocycles. The summed E-state index contributed by atoms with van der Waals surface area (Å²) >= 11 is 1.36. The number of nitrogen functional groups attached to an aromatic ring is 1. The minimum Gasteiger partial charge on any atom is -0.492 e. The second-order valence-electron chi connectivity index (χ2n) is 4.33. The zero-order valence-electron chi connectivity index (χ0n) is 10.2. The molecule has 1 aliphatic carbocycles. The van der Waals surface area contributed by atoms with Gasteiger partial charge in [-0.2, -0.15) is 0 Å². The third-order valence-electron chi connectivity index (χ3n) is 2.62. The third kappa shape index (κ3) is 2.31. The van der Waals surface area contributed by atoms with E-state index >= 15 is 0 Å². The van der Waals surface area contributed by atoms with E-state index in [-0.39, 0.29) is 5.91 Å². The zero-order valence-corrected chi connectivity index (χ0v) is 11.1. The van der Waals surface area contributed by atoms with Crippen molar-refractivity contribution in [2.24, 2.45) is 0 Å². The van der Waals surface area contributed by atoms with Gasteiger partial charge < -0.3 is 20.7 Å². The van der Waals surface area contributed by atoms with E-state index in [1.807, 2.05) is 0 Å². The van der Waals surface area contributed by atoms with Gasteiger partial charge in [0.1, 0.15) is 15.6 Å². The molecule has 94 valence electrons. The van der Waals surface area contributed by atoms with Crippen LogP contribution >= 0.6 is 11.3 Å². The van der Waals surface area contributed by atoms with Crippen LogP contribution in [0.1, 0.15) is 22.5 Å². The monoisotopic (exact) mass is 255 g/mol. The normalized spacial score (nSPS) is 14.5. The van der Waals surface area contributed by atoms with Gasteiger partial charge in [0.25, 0.3) is 5.91 Å². The molecule has 0 aliphatic heterocycles. The Hall–Kier alpha value is -1.43. The predicted octanol–water partition coefficient (Wildman–Crippen LogP) is 1.61. The van der Waals surface area contributed by atoms with Crippen molar-refractivity contribution in [3.8, 4) is 5.75 Å². The fraction of sp³-hybridized carbons (Fsp3) is 0.545. The molecule has 0 unspecified atom stereocenters. The Labute approximate surface area is 105 Å². The Bertz CT molecular complexity index is 438. The second-order valence-corrected chi connectivity index (χ2v) is 5.35. The molecular formula is C11H17N3O2S. The molecule has 1 amide bonds. The van der Waals surface area contributed by atoms with Gasteiger partial charge in [-0.05, 0) is 12.8 Å². The van der Waals surface area contributed by atoms with E-state index in [0.29, 0.717) is 22.4 Å². The lowest BCUT2D eigenvalue weighted by molar-refractivity contribution is 0.0833. The Morgan fingerprint density at radius 2 is 2.18 bits per heavy atom. The van der Waals surface area contributed by atoms with E-state index in [0.717, 1.165) is 17.8 Å². The number of anilines is 2. The summed E-state index contributed by atoms with van der Waals surface area (Å²) in [6, 6.07) is 0.504. The lowest BCUT2D eigenvalue weighted by Crippen LogP contribution is -2.21. The van der Waals surface area contributed by atoms with Gasteiger partial charge in [0.15, 0.2) is 5.75 Å². The molecule has 6 heteroatoms. The number of thiophene rings is 1. The van der Waals surface area contributed by atoms with Crippen LogP contribution in [0.5, 0.6) is 5.75 Å². The van der Waals surface area contributed by atoms with E-state index in [9.17, 15) is 4.79 Å². The van der Waals surface area contributed by atoms with Crippen molar-refractivity contribution < 1.29 is 9.53 Å². The topological polar surface area (TPSA) is 67.6 Å². The highest BCUT2D eigenvalue weighted by atomic mass is 32.1. The highest BCUT2D eigenvalue weighted by molar-refractivity contribution is 7.19. The number of nitrogens with two attached hydrogens (primary N) is 1. The number of amides is 1. The molecule has 0 bridgehead atoms. The summed E-state index contributed by atoms with van der Waals surface area (Å²) < 4.78 is 5.27. The number of hydrogen-bond donors (Lipinski definition) is 2. The average Bonchev–Trinajstić information content (AvgIpc) is 3.03. The van der Waals surface area contributed by atoms with Crippen LogP contribution in [0.4, 0.5) is 10.7 Å². The SMILES string of the molecule is COc1c(NC2CC2)sc(C(=O)N(C)C)c1N. The molecule has 1 fully saturated rings. The maximum Gasteiger partial charge on any atom is 0.265 e. The van der Waals surface area contributed by atoms with Crippen molar-refractivity contribution in [2.75, 3.05) is 32.3 Å². The lowest BCUT2D eigenvalue weighted by atomic mass is 10.3. The summed E-state index contributed by atoms with van der Waals surface area (Å²) in [4.78, 5) is 14.0. The van der Waals surface area contributed by atoms with Crippen molar-refractivity contribution in [1.29, 1.82) is 0 Å². The first-order valence-electron chi connectivity index (χ1n) is 5.49. The van der Waals surface area contributed by atoms with Crippen LogP contribution in [0.15, 0.2) is 0 Å². The summed E-state index contributed by atoms with van der Waals surface area (Å²) in [7, 11) is 4.99. The van der Waals surface area contributed by atoms with Gasteiger partial charge in [0.2, 0.25) is 0 Å². The Balaban J connectivity index is 2.32. The number of methoxy groups -OCH3 is 1. The van der Waals surface area contributed by atoms with Gasteiger partial charge in [-0.25, -0.2) is 0 Å². The quantitative estimate of drug-likeness (QED) is 0.858. The zero-order chi connectivity index (χ0) is 12.6. The van der Waals surface area contributed by atoms with Crippen LogP contribution in [0.3, 0.4) is 0 Å². The molecule has 17 heavy (non-hydrogen) atoms. The highest BCUT2D eigenvalue weighted by Crippen LogP contribution is 2.44. The Morgan fingerprint density at radius 1 is 1.53 bits per heavy atom. The van der Waals surface area contributed by atoms with Gasteiger partial charge in [-0.15, -0.1) is 11.3 Å². The van der Waals surface area contributed by atoms with Gasteiger partial charge in [-0.1, -0.05) is 0 Å². The van der Waals surface area contributed by atoms with E-state index in [1.54, 1.807) is 21.2 Å². The Morgan fingerprint density at radius 3 is 2.65 bits per heavy atom. The number of nitrogens with zero attached hydrogens (tertiary/aromatic N) is 1. The molecule has 0 radical (unpaired) electrons. The molecule has 2 rings (SSSR count). The van der Waals surface area contributed by atoms with Crippen LogP contribution in [-0.4, -0.2) is 38.1 Å². The highest BCUT2D eigenvalue weighted by Gasteiger charge is 2.27. The minimum absolute atomic E-state index is 0.0883. The van der Waals surface area contributed by atoms with Crippen LogP contribution in [0.25, 0.3) is 0 Å². The molecular weight excluding hydrogens is 238 g/mol. The number of carbonyl (C=O) groups is 1. The molecule has 1 heterocycles. The summed E-state index contributed by atoms with van der Waals surface area (Å²) in [5.41, 5.74) is 6.38. The maximum atomic E-state index is 11.9. The standard InChI is InChI=1S/C11H17N3O2S/c1-14(2)11(15)9-7(12)8(16-3)10(17-9)13-6-4-5-6/h6,13H,4-5,12H2,1-3H3. The van der Waals surface area contributed by atoms with Gasteiger partial charge in [0, 0.05) is 20.1 Å². The number of ether oxygens (including phenoxy) is 1. The average molecular weight is 255 g/mol. The van der Waals surface area contributed by atoms with Crippen molar-refractivity contribution in [2.45, 2.75) is 18.9 Å². The van der Waals surface area contributed by atoms with Gasteiger partial charge in [-0.3, -0.25) is 4.79 Å². The lowest BCUT2D eigenvalue weighted by Gasteiger charge is -2.08. The molecule has 0 spiro atoms. The van der Waals surface area contributed by atoms with E-state index < -0.39 is 0 Å². The molecule has 1 aliphatic rings. The molecule has 1 aromatic heterocycles. The maximum absolute atomic E-state index is 11.9. The molecule has 1 aromatic rings. The Kier molecular flexibility index (Phi) is 3.15. The molecule has 3 N–H and O–H groups in total. The number of hydrogen-bond acceptors (Lipinski definition) is 5. The van der Waals surface area contributed by atoms with Crippen LogP contribution in [0.2, 0.25) is 0 Å². The smallest absolute Gasteiger partial charge is 0.265 e. The van der Waals surface area contributed by atoms with Crippen molar-refractivity contribution >= 4 is 27.9 Å². The van der Waals surface area contributed by atoms with Crippen LogP contribution < -0.4 is 15.8 Å². The van der Waals surface area contributed by atoms with Crippen molar-refractivity contribution in [3.05, 3.63) is 4.88 Å². The second kappa shape index (κ2) is 4.44. The predicted molar refractivity (Wildman–Crippen MR) is 69.9 cm³/mol. The van der Waals surface area contributed by atoms with Crippen LogP contribution in [0, 0.1) is 0 Å². The third-order valence-corrected chi connectivity index (χ3v) is 3.72. The minimum atomic E-state index is -0.0883. The van der Waals surface area contributed by atoms with E-state index in [2.05, 4.69) is 5.32 Å². The first-order valence-corrected chi connectivity index (χ1v) is 6.30. The molecule has 0 atom stereocenters. The summed E-state index contributed by atoms with van der Waals surface area (Å²) in [5, 5.41) is 4.19. The fourth-order valence-corrected chi connectivity index (χ4v) is 2.69. The largest absolute Gasteiger partial charge is 0.492 e. The fourth-order valence-electron chi connectivity index (χ4n) is 1.50. The van der Waals surface area contributed by atoms with Crippen molar-refractivity contribution in [3.63, 3.8) is 0 Å². The van der Waals surface area contributed by atoms with Crippen LogP contribution in [-0.2, 0) is 0 Å². The van der Waals surface area contributed by atoms with Gasteiger partial charge >= 0.3 is 0 Å². The molecule has 5 nitrogen and oxygen atoms in total. The van der Waals surface area contributed by atoms with Gasteiger partial charge in [0.05, 0.1) is 7.11 Å². The first kappa shape index (κ1) is 12.0. The van der Waals surface area contributed by atoms with E-state index in [1.165, 1.54) is 16.2 Å². The molecule has 0 saturated heterocycles. The number of nitrogens with one attached hydrogen (secondary N) is 1. The summed E-state index contributed by atoms with van der Waals surface area (Å²) in [6.07, 6.45) is 2.33. The first-order chi connectivity index (χ1) is 8.04. The number of carbonyl (C=O) groups excluding carboxylic acids is 1.